The number of aliphatic hydroxyl groups is 1. The van der Waals surface area contributed by atoms with Crippen LogP contribution in [0, 0.1) is 0 Å². The molecule has 1 aromatic rings. The first-order valence-electron chi connectivity index (χ1n) is 4.35. The number of hydrogen-bond donors (Lipinski definition) is 1. The molecule has 0 radical (unpaired) electrons. The van der Waals surface area contributed by atoms with E-state index in [1.54, 1.807) is 0 Å². The molecule has 0 spiro atoms. The third-order valence-electron chi connectivity index (χ3n) is 2.05. The highest BCUT2D eigenvalue weighted by atomic mass is 79.9. The molecular formula is C11H15BrO. The summed E-state index contributed by atoms with van der Waals surface area (Å²) in [6.07, 6.45) is 0. The van der Waals surface area contributed by atoms with Crippen LogP contribution in [-0.4, -0.2) is 5.11 Å². The van der Waals surface area contributed by atoms with Crippen LogP contribution in [0.15, 0.2) is 22.7 Å². The maximum absolute atomic E-state index is 9.16. The summed E-state index contributed by atoms with van der Waals surface area (Å²) in [6.45, 7) is 6.55. The molecule has 1 N–H and O–H groups in total. The van der Waals surface area contributed by atoms with Crippen molar-refractivity contribution in [1.82, 2.24) is 0 Å². The van der Waals surface area contributed by atoms with Crippen molar-refractivity contribution in [3.8, 4) is 0 Å². The fourth-order valence-electron chi connectivity index (χ4n) is 1.38. The van der Waals surface area contributed by atoms with Crippen LogP contribution in [0.2, 0.25) is 0 Å². The fourth-order valence-corrected chi connectivity index (χ4v) is 1.75. The minimum absolute atomic E-state index is 0.0852. The molecule has 0 aromatic heterocycles. The van der Waals surface area contributed by atoms with Crippen LogP contribution in [0.3, 0.4) is 0 Å². The van der Waals surface area contributed by atoms with Crippen LogP contribution in [0.5, 0.6) is 0 Å². The van der Waals surface area contributed by atoms with Gasteiger partial charge in [-0.15, -0.1) is 0 Å². The van der Waals surface area contributed by atoms with Gasteiger partial charge in [0.15, 0.2) is 0 Å². The van der Waals surface area contributed by atoms with E-state index in [4.69, 9.17) is 5.11 Å². The Kier molecular flexibility index (Phi) is 3.14. The summed E-state index contributed by atoms with van der Waals surface area (Å²) in [5.41, 5.74) is 2.29. The normalized spacial score (nSPS) is 11.8. The Labute approximate surface area is 87.9 Å². The number of rotatable bonds is 1. The Bertz CT molecular complexity index is 299. The van der Waals surface area contributed by atoms with Crippen LogP contribution < -0.4 is 0 Å². The van der Waals surface area contributed by atoms with Gasteiger partial charge in [-0.1, -0.05) is 42.8 Å². The Balaban J connectivity index is 3.24. The Morgan fingerprint density at radius 3 is 2.38 bits per heavy atom. The second-order valence-corrected chi connectivity index (χ2v) is 5.13. The Morgan fingerprint density at radius 2 is 1.92 bits per heavy atom. The van der Waals surface area contributed by atoms with Crippen LogP contribution in [0.4, 0.5) is 0 Å². The summed E-state index contributed by atoms with van der Waals surface area (Å²) in [5, 5.41) is 9.16. The van der Waals surface area contributed by atoms with Crippen molar-refractivity contribution < 1.29 is 5.11 Å². The molecule has 72 valence electrons. The lowest BCUT2D eigenvalue weighted by atomic mass is 9.84. The second kappa shape index (κ2) is 3.81. The van der Waals surface area contributed by atoms with Gasteiger partial charge in [0, 0.05) is 4.47 Å². The van der Waals surface area contributed by atoms with E-state index in [1.807, 2.05) is 12.1 Å². The average molecular weight is 243 g/mol. The second-order valence-electron chi connectivity index (χ2n) is 4.21. The highest BCUT2D eigenvalue weighted by molar-refractivity contribution is 9.10. The molecule has 0 heterocycles. The summed E-state index contributed by atoms with van der Waals surface area (Å²) in [5.74, 6) is 0. The Morgan fingerprint density at radius 1 is 1.31 bits per heavy atom. The third kappa shape index (κ3) is 2.55. The number of benzene rings is 1. The molecule has 0 aliphatic carbocycles. The lowest BCUT2D eigenvalue weighted by Gasteiger charge is -2.22. The van der Waals surface area contributed by atoms with Crippen LogP contribution in [0.25, 0.3) is 0 Å². The van der Waals surface area contributed by atoms with E-state index in [0.717, 1.165) is 10.0 Å². The minimum Gasteiger partial charge on any atom is -0.392 e. The van der Waals surface area contributed by atoms with Crippen LogP contribution >= 0.6 is 15.9 Å². The molecule has 0 amide bonds. The summed E-state index contributed by atoms with van der Waals surface area (Å²) in [4.78, 5) is 0. The van der Waals surface area contributed by atoms with Gasteiger partial charge in [-0.25, -0.2) is 0 Å². The summed E-state index contributed by atoms with van der Waals surface area (Å²) in [7, 11) is 0. The largest absolute Gasteiger partial charge is 0.392 e. The van der Waals surface area contributed by atoms with Crippen molar-refractivity contribution in [1.29, 1.82) is 0 Å². The van der Waals surface area contributed by atoms with E-state index in [1.165, 1.54) is 5.56 Å². The number of aliphatic hydroxyl groups excluding tert-OH is 1. The lowest BCUT2D eigenvalue weighted by Crippen LogP contribution is -2.14. The van der Waals surface area contributed by atoms with Gasteiger partial charge in [-0.2, -0.15) is 0 Å². The van der Waals surface area contributed by atoms with Crippen LogP contribution in [-0.2, 0) is 12.0 Å². The van der Waals surface area contributed by atoms with Gasteiger partial charge < -0.3 is 5.11 Å². The number of hydrogen-bond acceptors (Lipinski definition) is 1. The zero-order valence-electron chi connectivity index (χ0n) is 8.26. The van der Waals surface area contributed by atoms with Gasteiger partial charge in [0.1, 0.15) is 0 Å². The zero-order chi connectivity index (χ0) is 10.1. The topological polar surface area (TPSA) is 20.2 Å². The van der Waals surface area contributed by atoms with Gasteiger partial charge in [-0.05, 0) is 28.7 Å². The molecule has 2 heteroatoms. The van der Waals surface area contributed by atoms with E-state index in [2.05, 4.69) is 42.8 Å². The molecule has 0 saturated carbocycles. The molecule has 13 heavy (non-hydrogen) atoms. The molecular weight excluding hydrogens is 228 g/mol. The van der Waals surface area contributed by atoms with E-state index in [0.29, 0.717) is 0 Å². The molecule has 0 fully saturated rings. The molecule has 0 unspecified atom stereocenters. The molecule has 0 aliphatic heterocycles. The molecule has 1 rings (SSSR count). The SMILES string of the molecule is CC(C)(C)c1cc(Br)ccc1CO. The predicted octanol–water partition coefficient (Wildman–Crippen LogP) is 3.24. The highest BCUT2D eigenvalue weighted by Gasteiger charge is 2.17. The minimum atomic E-state index is 0.0852. The van der Waals surface area contributed by atoms with Crippen molar-refractivity contribution in [3.63, 3.8) is 0 Å². The monoisotopic (exact) mass is 242 g/mol. The van der Waals surface area contributed by atoms with Gasteiger partial charge >= 0.3 is 0 Å². The van der Waals surface area contributed by atoms with E-state index < -0.39 is 0 Å². The zero-order valence-corrected chi connectivity index (χ0v) is 9.85. The lowest BCUT2D eigenvalue weighted by molar-refractivity contribution is 0.278. The molecule has 0 saturated heterocycles. The highest BCUT2D eigenvalue weighted by Crippen LogP contribution is 2.28. The van der Waals surface area contributed by atoms with Crippen LogP contribution in [0.1, 0.15) is 31.9 Å². The van der Waals surface area contributed by atoms with Crippen molar-refractivity contribution in [2.24, 2.45) is 0 Å². The quantitative estimate of drug-likeness (QED) is 0.802. The first kappa shape index (κ1) is 10.7. The van der Waals surface area contributed by atoms with Gasteiger partial charge in [-0.3, -0.25) is 0 Å². The van der Waals surface area contributed by atoms with Crippen molar-refractivity contribution >= 4 is 15.9 Å². The standard InChI is InChI=1S/C11H15BrO/c1-11(2,3)10-6-9(12)5-4-8(10)7-13/h4-6,13H,7H2,1-3H3. The number of halogens is 1. The van der Waals surface area contributed by atoms with Crippen molar-refractivity contribution in [3.05, 3.63) is 33.8 Å². The third-order valence-corrected chi connectivity index (χ3v) is 2.54. The van der Waals surface area contributed by atoms with Gasteiger partial charge in [0.2, 0.25) is 0 Å². The average Bonchev–Trinajstić information content (AvgIpc) is 2.03. The maximum Gasteiger partial charge on any atom is 0.0684 e. The predicted molar refractivity (Wildman–Crippen MR) is 58.8 cm³/mol. The summed E-state index contributed by atoms with van der Waals surface area (Å²) in [6, 6.07) is 6.00. The van der Waals surface area contributed by atoms with E-state index in [-0.39, 0.29) is 12.0 Å². The maximum atomic E-state index is 9.16. The Hall–Kier alpha value is -0.340. The molecule has 0 bridgehead atoms. The summed E-state index contributed by atoms with van der Waals surface area (Å²) < 4.78 is 1.06. The first-order valence-corrected chi connectivity index (χ1v) is 5.14. The van der Waals surface area contributed by atoms with Gasteiger partial charge in [0.25, 0.3) is 0 Å². The first-order chi connectivity index (χ1) is 5.95. The smallest absolute Gasteiger partial charge is 0.0684 e. The molecule has 1 nitrogen and oxygen atoms in total. The fraction of sp³-hybridized carbons (Fsp3) is 0.455. The molecule has 0 aliphatic rings. The van der Waals surface area contributed by atoms with Crippen molar-refractivity contribution in [2.45, 2.75) is 32.8 Å². The molecule has 1 aromatic carbocycles. The van der Waals surface area contributed by atoms with Crippen molar-refractivity contribution in [2.75, 3.05) is 0 Å². The van der Waals surface area contributed by atoms with E-state index in [9.17, 15) is 0 Å². The van der Waals surface area contributed by atoms with E-state index >= 15 is 0 Å². The molecule has 0 atom stereocenters. The van der Waals surface area contributed by atoms with Gasteiger partial charge in [0.05, 0.1) is 6.61 Å². The summed E-state index contributed by atoms with van der Waals surface area (Å²) >= 11 is 3.44.